The molecule has 1 unspecified atom stereocenters. The largest absolute Gasteiger partial charge is 0.454 e. The lowest BCUT2D eigenvalue weighted by Gasteiger charge is -2.38. The van der Waals surface area contributed by atoms with E-state index in [2.05, 4.69) is 0 Å². The molecule has 0 aliphatic carbocycles. The van der Waals surface area contributed by atoms with Crippen LogP contribution in [0.25, 0.3) is 0 Å². The lowest BCUT2D eigenvalue weighted by Crippen LogP contribution is -2.55. The van der Waals surface area contributed by atoms with E-state index in [-0.39, 0.29) is 12.3 Å². The van der Waals surface area contributed by atoms with E-state index < -0.39 is 35.6 Å². The number of hydrogen-bond donors (Lipinski definition) is 0. The molecule has 0 rings (SSSR count). The second kappa shape index (κ2) is 5.75. The van der Waals surface area contributed by atoms with Crippen molar-refractivity contribution in [3.8, 4) is 0 Å². The van der Waals surface area contributed by atoms with Crippen LogP contribution in [0.1, 0.15) is 47.5 Å². The van der Waals surface area contributed by atoms with Crippen LogP contribution in [-0.4, -0.2) is 17.9 Å². The Hall–Kier alpha value is -0.680. The zero-order valence-corrected chi connectivity index (χ0v) is 11.9. The van der Waals surface area contributed by atoms with Gasteiger partial charge in [0.05, 0.1) is 5.41 Å². The zero-order valence-electron chi connectivity index (χ0n) is 11.9. The Morgan fingerprint density at radius 2 is 1.42 bits per heavy atom. The summed E-state index contributed by atoms with van der Waals surface area (Å²) in [6, 6.07) is 0. The number of alkyl halides is 5. The standard InChI is InChI=1S/C13H21F5O/c1-8(2)6-7-11(5,10(19)9(3)4)12(14,15)13(16,17)18/h8-9H,6-7H2,1-5H3. The van der Waals surface area contributed by atoms with Crippen LogP contribution in [0.5, 0.6) is 0 Å². The van der Waals surface area contributed by atoms with E-state index in [4.69, 9.17) is 0 Å². The molecule has 0 N–H and O–H groups in total. The Morgan fingerprint density at radius 3 is 1.68 bits per heavy atom. The first-order valence-electron chi connectivity index (χ1n) is 6.26. The third-order valence-corrected chi connectivity index (χ3v) is 3.34. The van der Waals surface area contributed by atoms with E-state index in [9.17, 15) is 26.7 Å². The van der Waals surface area contributed by atoms with Crippen molar-refractivity contribution >= 4 is 5.78 Å². The van der Waals surface area contributed by atoms with Gasteiger partial charge in [-0.3, -0.25) is 4.79 Å². The number of ketones is 1. The van der Waals surface area contributed by atoms with Gasteiger partial charge in [0.2, 0.25) is 0 Å². The predicted molar refractivity (Wildman–Crippen MR) is 63.0 cm³/mol. The van der Waals surface area contributed by atoms with Gasteiger partial charge in [0, 0.05) is 5.92 Å². The molecule has 0 aromatic carbocycles. The molecule has 0 spiro atoms. The number of carbonyl (C=O) groups excluding carboxylic acids is 1. The summed E-state index contributed by atoms with van der Waals surface area (Å²) in [5, 5.41) is 0. The molecule has 0 aliphatic heterocycles. The number of halogens is 5. The molecule has 0 aromatic rings. The van der Waals surface area contributed by atoms with E-state index in [1.807, 2.05) is 0 Å². The summed E-state index contributed by atoms with van der Waals surface area (Å²) in [6.45, 7) is 6.83. The minimum atomic E-state index is -5.72. The maximum atomic E-state index is 13.7. The van der Waals surface area contributed by atoms with Gasteiger partial charge in [0.15, 0.2) is 0 Å². The van der Waals surface area contributed by atoms with Crippen molar-refractivity contribution in [1.29, 1.82) is 0 Å². The monoisotopic (exact) mass is 288 g/mol. The highest BCUT2D eigenvalue weighted by Gasteiger charge is 2.70. The van der Waals surface area contributed by atoms with Crippen molar-refractivity contribution in [3.63, 3.8) is 0 Å². The first kappa shape index (κ1) is 18.3. The summed E-state index contributed by atoms with van der Waals surface area (Å²) >= 11 is 0. The molecule has 0 aliphatic rings. The average Bonchev–Trinajstić information content (AvgIpc) is 2.22. The highest BCUT2D eigenvalue weighted by atomic mass is 19.4. The first-order chi connectivity index (χ1) is 8.27. The topological polar surface area (TPSA) is 17.1 Å². The summed E-state index contributed by atoms with van der Waals surface area (Å²) in [4.78, 5) is 11.9. The van der Waals surface area contributed by atoms with Crippen LogP contribution in [0.3, 0.4) is 0 Å². The van der Waals surface area contributed by atoms with E-state index >= 15 is 0 Å². The van der Waals surface area contributed by atoms with Crippen LogP contribution in [0.4, 0.5) is 22.0 Å². The molecule has 0 aromatic heterocycles. The van der Waals surface area contributed by atoms with Crippen LogP contribution in [-0.2, 0) is 4.79 Å². The predicted octanol–water partition coefficient (Wildman–Crippen LogP) is 4.85. The summed E-state index contributed by atoms with van der Waals surface area (Å²) < 4.78 is 65.1. The molecule has 0 radical (unpaired) electrons. The Balaban J connectivity index is 5.57. The fourth-order valence-corrected chi connectivity index (χ4v) is 1.96. The van der Waals surface area contributed by atoms with Crippen molar-refractivity contribution in [2.45, 2.75) is 59.6 Å². The Bertz CT molecular complexity index is 319. The van der Waals surface area contributed by atoms with Crippen LogP contribution >= 0.6 is 0 Å². The lowest BCUT2D eigenvalue weighted by molar-refractivity contribution is -0.319. The van der Waals surface area contributed by atoms with Gasteiger partial charge in [-0.15, -0.1) is 0 Å². The van der Waals surface area contributed by atoms with Crippen molar-refractivity contribution < 1.29 is 26.7 Å². The number of Topliss-reactive ketones (excluding diaryl/α,β-unsaturated/α-hetero) is 1. The molecule has 0 saturated heterocycles. The fourth-order valence-electron chi connectivity index (χ4n) is 1.96. The Kier molecular flexibility index (Phi) is 5.55. The minimum Gasteiger partial charge on any atom is -0.299 e. The van der Waals surface area contributed by atoms with Gasteiger partial charge in [0.25, 0.3) is 0 Å². The first-order valence-corrected chi connectivity index (χ1v) is 6.26. The molecule has 0 amide bonds. The molecule has 1 atom stereocenters. The molecule has 6 heteroatoms. The quantitative estimate of drug-likeness (QED) is 0.638. The molecule has 0 fully saturated rings. The average molecular weight is 288 g/mol. The van der Waals surface area contributed by atoms with Gasteiger partial charge < -0.3 is 0 Å². The molecule has 0 saturated carbocycles. The fraction of sp³-hybridized carbons (Fsp3) is 0.923. The molecule has 19 heavy (non-hydrogen) atoms. The third kappa shape index (κ3) is 3.66. The van der Waals surface area contributed by atoms with Crippen molar-refractivity contribution in [3.05, 3.63) is 0 Å². The van der Waals surface area contributed by atoms with E-state index in [0.717, 1.165) is 6.92 Å². The number of rotatable bonds is 6. The van der Waals surface area contributed by atoms with Gasteiger partial charge in [-0.1, -0.05) is 27.7 Å². The molecule has 114 valence electrons. The van der Waals surface area contributed by atoms with Crippen molar-refractivity contribution in [2.75, 3.05) is 0 Å². The highest BCUT2D eigenvalue weighted by molar-refractivity contribution is 5.87. The van der Waals surface area contributed by atoms with Gasteiger partial charge in [0.1, 0.15) is 5.78 Å². The zero-order chi connectivity index (χ0) is 15.6. The van der Waals surface area contributed by atoms with Crippen LogP contribution in [0, 0.1) is 17.3 Å². The van der Waals surface area contributed by atoms with Gasteiger partial charge in [-0.05, 0) is 25.7 Å². The second-order valence-electron chi connectivity index (χ2n) is 5.86. The van der Waals surface area contributed by atoms with E-state index in [1.165, 1.54) is 13.8 Å². The minimum absolute atomic E-state index is 0.0525. The molecule has 0 heterocycles. The smallest absolute Gasteiger partial charge is 0.299 e. The number of hydrogen-bond acceptors (Lipinski definition) is 1. The van der Waals surface area contributed by atoms with Crippen molar-refractivity contribution in [2.24, 2.45) is 17.3 Å². The maximum absolute atomic E-state index is 13.7. The summed E-state index contributed by atoms with van der Waals surface area (Å²) in [6.07, 6.45) is -6.06. The lowest BCUT2D eigenvalue weighted by atomic mass is 9.70. The van der Waals surface area contributed by atoms with E-state index in [0.29, 0.717) is 0 Å². The molecule has 0 bridgehead atoms. The van der Waals surface area contributed by atoms with Gasteiger partial charge >= 0.3 is 12.1 Å². The molecule has 1 nitrogen and oxygen atoms in total. The Labute approximate surface area is 110 Å². The van der Waals surface area contributed by atoms with Crippen LogP contribution < -0.4 is 0 Å². The van der Waals surface area contributed by atoms with Gasteiger partial charge in [-0.2, -0.15) is 22.0 Å². The normalized spacial score (nSPS) is 16.8. The SMILES string of the molecule is CC(C)CCC(C)(C(=O)C(C)C)C(F)(F)C(F)(F)F. The van der Waals surface area contributed by atoms with Crippen LogP contribution in [0.15, 0.2) is 0 Å². The summed E-state index contributed by atoms with van der Waals surface area (Å²) in [7, 11) is 0. The second-order valence-corrected chi connectivity index (χ2v) is 5.86. The highest BCUT2D eigenvalue weighted by Crippen LogP contribution is 2.52. The summed E-state index contributed by atoms with van der Waals surface area (Å²) in [5.41, 5.74) is -2.70. The molecular formula is C13H21F5O. The molecular weight excluding hydrogens is 267 g/mol. The third-order valence-electron chi connectivity index (χ3n) is 3.34. The summed E-state index contributed by atoms with van der Waals surface area (Å²) in [5.74, 6) is -6.99. The number of carbonyl (C=O) groups is 1. The Morgan fingerprint density at radius 1 is 1.00 bits per heavy atom. The maximum Gasteiger partial charge on any atom is 0.454 e. The van der Waals surface area contributed by atoms with Gasteiger partial charge in [-0.25, -0.2) is 0 Å². The van der Waals surface area contributed by atoms with Crippen LogP contribution in [0.2, 0.25) is 0 Å². The van der Waals surface area contributed by atoms with E-state index in [1.54, 1.807) is 13.8 Å². The van der Waals surface area contributed by atoms with Crippen molar-refractivity contribution in [1.82, 2.24) is 0 Å².